The van der Waals surface area contributed by atoms with Crippen molar-refractivity contribution >= 4 is 17.7 Å². The van der Waals surface area contributed by atoms with Crippen molar-refractivity contribution in [1.82, 2.24) is 14.9 Å². The molecule has 1 amide bonds. The molecule has 1 saturated carbocycles. The molecule has 1 aromatic heterocycles. The van der Waals surface area contributed by atoms with Crippen LogP contribution in [-0.2, 0) is 4.79 Å². The van der Waals surface area contributed by atoms with E-state index in [4.69, 9.17) is 0 Å². The molecule has 1 fully saturated rings. The SMILES string of the molecule is N#CC1(NC(=O)CSc2nccn2-c2cccc(F)c2)CCCC1. The van der Waals surface area contributed by atoms with E-state index in [-0.39, 0.29) is 17.5 Å². The molecule has 1 aliphatic rings. The van der Waals surface area contributed by atoms with E-state index in [0.717, 1.165) is 12.8 Å². The molecule has 0 bridgehead atoms. The number of carbonyl (C=O) groups is 1. The number of thioether (sulfide) groups is 1. The van der Waals surface area contributed by atoms with Gasteiger partial charge in [-0.25, -0.2) is 9.37 Å². The maximum absolute atomic E-state index is 13.4. The minimum atomic E-state index is -0.713. The highest BCUT2D eigenvalue weighted by Gasteiger charge is 2.35. The van der Waals surface area contributed by atoms with Gasteiger partial charge in [0.1, 0.15) is 11.4 Å². The molecule has 7 heteroatoms. The summed E-state index contributed by atoms with van der Waals surface area (Å²) in [5, 5.41) is 12.8. The molecule has 0 saturated heterocycles. The van der Waals surface area contributed by atoms with Gasteiger partial charge in [-0.1, -0.05) is 17.8 Å². The normalized spacial score (nSPS) is 15.8. The number of rotatable bonds is 5. The van der Waals surface area contributed by atoms with E-state index in [0.29, 0.717) is 23.7 Å². The Labute approximate surface area is 143 Å². The molecule has 124 valence electrons. The summed E-state index contributed by atoms with van der Waals surface area (Å²) in [6, 6.07) is 8.44. The molecular formula is C17H17FN4OS. The van der Waals surface area contributed by atoms with Crippen molar-refractivity contribution < 1.29 is 9.18 Å². The third kappa shape index (κ3) is 3.60. The molecule has 3 rings (SSSR count). The van der Waals surface area contributed by atoms with Crippen LogP contribution in [0.3, 0.4) is 0 Å². The van der Waals surface area contributed by atoms with E-state index in [1.165, 1.54) is 23.9 Å². The summed E-state index contributed by atoms with van der Waals surface area (Å²) >= 11 is 1.26. The Morgan fingerprint density at radius 1 is 1.46 bits per heavy atom. The van der Waals surface area contributed by atoms with Gasteiger partial charge in [-0.2, -0.15) is 5.26 Å². The summed E-state index contributed by atoms with van der Waals surface area (Å²) in [6.45, 7) is 0. The van der Waals surface area contributed by atoms with E-state index < -0.39 is 5.54 Å². The number of hydrogen-bond acceptors (Lipinski definition) is 4. The molecule has 0 spiro atoms. The van der Waals surface area contributed by atoms with Gasteiger partial charge in [0.2, 0.25) is 5.91 Å². The standard InChI is InChI=1S/C17H17FN4OS/c18-13-4-3-5-14(10-13)22-9-8-20-16(22)24-11-15(23)21-17(12-19)6-1-2-7-17/h3-5,8-10H,1-2,6-7,11H2,(H,21,23). The zero-order valence-electron chi connectivity index (χ0n) is 13.0. The van der Waals surface area contributed by atoms with Gasteiger partial charge >= 0.3 is 0 Å². The number of amides is 1. The second-order valence-electron chi connectivity index (χ2n) is 5.80. The molecule has 1 aliphatic carbocycles. The van der Waals surface area contributed by atoms with Crippen LogP contribution in [-0.4, -0.2) is 26.8 Å². The minimum Gasteiger partial charge on any atom is -0.337 e. The third-order valence-corrected chi connectivity index (χ3v) is 5.04. The Morgan fingerprint density at radius 2 is 2.25 bits per heavy atom. The van der Waals surface area contributed by atoms with Crippen LogP contribution in [0.2, 0.25) is 0 Å². The first kappa shape index (κ1) is 16.5. The number of nitriles is 1. The van der Waals surface area contributed by atoms with Crippen LogP contribution in [0, 0.1) is 17.1 Å². The Balaban J connectivity index is 1.65. The molecule has 1 N–H and O–H groups in total. The first-order chi connectivity index (χ1) is 11.6. The second kappa shape index (κ2) is 7.05. The number of halogens is 1. The van der Waals surface area contributed by atoms with Crippen LogP contribution >= 0.6 is 11.8 Å². The summed E-state index contributed by atoms with van der Waals surface area (Å²) in [7, 11) is 0. The fraction of sp³-hybridized carbons (Fsp3) is 0.353. The molecule has 24 heavy (non-hydrogen) atoms. The van der Waals surface area contributed by atoms with Gasteiger partial charge in [-0.15, -0.1) is 0 Å². The van der Waals surface area contributed by atoms with Gasteiger partial charge in [0.15, 0.2) is 5.16 Å². The zero-order valence-corrected chi connectivity index (χ0v) is 13.9. The number of benzene rings is 1. The van der Waals surface area contributed by atoms with Crippen molar-refractivity contribution in [3.05, 3.63) is 42.5 Å². The van der Waals surface area contributed by atoms with Crippen molar-refractivity contribution in [3.8, 4) is 11.8 Å². The third-order valence-electron chi connectivity index (χ3n) is 4.08. The van der Waals surface area contributed by atoms with Crippen molar-refractivity contribution in [2.24, 2.45) is 0 Å². The molecule has 5 nitrogen and oxygen atoms in total. The maximum Gasteiger partial charge on any atom is 0.231 e. The largest absolute Gasteiger partial charge is 0.337 e. The number of carbonyl (C=O) groups excluding carboxylic acids is 1. The van der Waals surface area contributed by atoms with Gasteiger partial charge < -0.3 is 5.32 Å². The van der Waals surface area contributed by atoms with Crippen molar-refractivity contribution in [2.45, 2.75) is 36.4 Å². The molecule has 2 aromatic rings. The van der Waals surface area contributed by atoms with Gasteiger partial charge in [0.25, 0.3) is 0 Å². The topological polar surface area (TPSA) is 70.7 Å². The van der Waals surface area contributed by atoms with E-state index in [1.54, 1.807) is 29.1 Å². The quantitative estimate of drug-likeness (QED) is 0.846. The summed E-state index contributed by atoms with van der Waals surface area (Å²) in [5.74, 6) is -0.347. The van der Waals surface area contributed by atoms with Crippen LogP contribution in [0.1, 0.15) is 25.7 Å². The highest BCUT2D eigenvalue weighted by Crippen LogP contribution is 2.29. The lowest BCUT2D eigenvalue weighted by Crippen LogP contribution is -2.45. The summed E-state index contributed by atoms with van der Waals surface area (Å²) in [6.07, 6.45) is 6.67. The highest BCUT2D eigenvalue weighted by molar-refractivity contribution is 7.99. The van der Waals surface area contributed by atoms with Crippen LogP contribution in [0.15, 0.2) is 41.8 Å². The Morgan fingerprint density at radius 3 is 2.96 bits per heavy atom. The second-order valence-corrected chi connectivity index (χ2v) is 6.74. The van der Waals surface area contributed by atoms with E-state index in [9.17, 15) is 14.4 Å². The van der Waals surface area contributed by atoms with Crippen molar-refractivity contribution in [3.63, 3.8) is 0 Å². The van der Waals surface area contributed by atoms with Gasteiger partial charge in [-0.05, 0) is 43.9 Å². The smallest absolute Gasteiger partial charge is 0.231 e. The monoisotopic (exact) mass is 344 g/mol. The lowest BCUT2D eigenvalue weighted by molar-refractivity contribution is -0.119. The van der Waals surface area contributed by atoms with Crippen LogP contribution in [0.5, 0.6) is 0 Å². The van der Waals surface area contributed by atoms with Gasteiger partial charge in [-0.3, -0.25) is 9.36 Å². The number of nitrogens with one attached hydrogen (secondary N) is 1. The molecule has 0 aliphatic heterocycles. The molecule has 1 aromatic carbocycles. The van der Waals surface area contributed by atoms with E-state index in [2.05, 4.69) is 16.4 Å². The average molecular weight is 344 g/mol. The van der Waals surface area contributed by atoms with E-state index >= 15 is 0 Å². The summed E-state index contributed by atoms with van der Waals surface area (Å²) in [5.41, 5.74) is -0.0602. The predicted molar refractivity (Wildman–Crippen MR) is 89.2 cm³/mol. The fourth-order valence-electron chi connectivity index (χ4n) is 2.90. The minimum absolute atomic E-state index is 0.162. The lowest BCUT2D eigenvalue weighted by Gasteiger charge is -2.21. The zero-order chi connectivity index (χ0) is 17.0. The lowest BCUT2D eigenvalue weighted by atomic mass is 10.0. The molecule has 0 unspecified atom stereocenters. The Bertz CT molecular complexity index is 777. The Hall–Kier alpha value is -2.33. The van der Waals surface area contributed by atoms with Crippen LogP contribution in [0.25, 0.3) is 5.69 Å². The fourth-order valence-corrected chi connectivity index (χ4v) is 3.67. The van der Waals surface area contributed by atoms with Crippen molar-refractivity contribution in [2.75, 3.05) is 5.75 Å². The first-order valence-corrected chi connectivity index (χ1v) is 8.75. The number of nitrogens with zero attached hydrogens (tertiary/aromatic N) is 3. The Kier molecular flexibility index (Phi) is 4.86. The van der Waals surface area contributed by atoms with Gasteiger partial charge in [0.05, 0.1) is 17.5 Å². The first-order valence-electron chi connectivity index (χ1n) is 7.76. The highest BCUT2D eigenvalue weighted by atomic mass is 32.2. The number of aromatic nitrogens is 2. The predicted octanol–water partition coefficient (Wildman–Crippen LogP) is 3.06. The maximum atomic E-state index is 13.4. The van der Waals surface area contributed by atoms with Crippen molar-refractivity contribution in [1.29, 1.82) is 5.26 Å². The van der Waals surface area contributed by atoms with Gasteiger partial charge in [0, 0.05) is 12.4 Å². The molecule has 0 radical (unpaired) electrons. The van der Waals surface area contributed by atoms with E-state index in [1.807, 2.05) is 0 Å². The molecule has 1 heterocycles. The summed E-state index contributed by atoms with van der Waals surface area (Å²) in [4.78, 5) is 16.4. The molecule has 0 atom stereocenters. The number of hydrogen-bond donors (Lipinski definition) is 1. The number of imidazole rings is 1. The van der Waals surface area contributed by atoms with Crippen LogP contribution in [0.4, 0.5) is 4.39 Å². The molecular weight excluding hydrogens is 327 g/mol. The average Bonchev–Trinajstić information content (AvgIpc) is 3.22. The van der Waals surface area contributed by atoms with Crippen LogP contribution < -0.4 is 5.32 Å². The summed E-state index contributed by atoms with van der Waals surface area (Å²) < 4.78 is 15.1.